The van der Waals surface area contributed by atoms with Crippen molar-refractivity contribution in [3.05, 3.63) is 76.6 Å². The topological polar surface area (TPSA) is 87.4 Å². The van der Waals surface area contributed by atoms with E-state index in [1.54, 1.807) is 12.1 Å². The molecule has 5 rings (SSSR count). The molecule has 3 N–H and O–H groups in total. The molecule has 1 fully saturated rings. The zero-order valence-corrected chi connectivity index (χ0v) is 15.8. The van der Waals surface area contributed by atoms with Crippen LogP contribution in [0.25, 0.3) is 5.69 Å². The number of fused-ring (bicyclic) bond motifs is 3. The molecule has 6 nitrogen and oxygen atoms in total. The number of phenols is 1. The van der Waals surface area contributed by atoms with E-state index < -0.39 is 23.6 Å². The minimum atomic E-state index is -0.742. The number of hydrogen-bond acceptors (Lipinski definition) is 4. The molecule has 0 spiro atoms. The normalized spacial score (nSPS) is 19.8. The van der Waals surface area contributed by atoms with Crippen LogP contribution < -0.4 is 5.32 Å². The standard InChI is InChI=1S/C22H19F2N3O3/c23-13-3-6-19(17(24)9-13)27-21-15-7-12(15)8-16(21)20(26-27)22(30)25-18(10-28)11-1-4-14(29)5-2-11/h1-6,9,12,15,18,28-29H,7-8,10H2,(H,25,30)/t12-,15-,18+/m1/s1. The van der Waals surface area contributed by atoms with Crippen molar-refractivity contribution < 1.29 is 23.8 Å². The highest BCUT2D eigenvalue weighted by Crippen LogP contribution is 2.57. The second-order valence-electron chi connectivity index (χ2n) is 7.83. The molecule has 30 heavy (non-hydrogen) atoms. The summed E-state index contributed by atoms with van der Waals surface area (Å²) in [6.07, 6.45) is 1.66. The van der Waals surface area contributed by atoms with Gasteiger partial charge >= 0.3 is 0 Å². The average Bonchev–Trinajstić information content (AvgIpc) is 3.23. The molecule has 0 bridgehead atoms. The maximum absolute atomic E-state index is 14.4. The SMILES string of the molecule is O=C(N[C@@H](CO)c1ccc(O)cc1)c1nn(-c2ccc(F)cc2F)c2c1C[C@H]1C[C@@H]21. The summed E-state index contributed by atoms with van der Waals surface area (Å²) >= 11 is 0. The minimum absolute atomic E-state index is 0.0823. The van der Waals surface area contributed by atoms with Crippen LogP contribution in [-0.2, 0) is 6.42 Å². The number of aliphatic hydroxyl groups excluding tert-OH is 1. The van der Waals surface area contributed by atoms with Crippen molar-refractivity contribution in [2.75, 3.05) is 6.61 Å². The fourth-order valence-electron chi connectivity index (χ4n) is 4.30. The lowest BCUT2D eigenvalue weighted by atomic mass is 10.1. The Morgan fingerprint density at radius 1 is 1.23 bits per heavy atom. The first-order valence-electron chi connectivity index (χ1n) is 9.74. The molecule has 3 aromatic rings. The number of nitrogens with one attached hydrogen (secondary N) is 1. The van der Waals surface area contributed by atoms with Gasteiger partial charge in [0, 0.05) is 17.5 Å². The number of phenolic OH excluding ortho intramolecular Hbond substituents is 1. The lowest BCUT2D eigenvalue weighted by Gasteiger charge is -2.16. The van der Waals surface area contributed by atoms with Crippen LogP contribution in [0.2, 0.25) is 0 Å². The van der Waals surface area contributed by atoms with Crippen LogP contribution in [0.4, 0.5) is 8.78 Å². The monoisotopic (exact) mass is 411 g/mol. The van der Waals surface area contributed by atoms with Gasteiger partial charge in [-0.3, -0.25) is 4.79 Å². The van der Waals surface area contributed by atoms with Gasteiger partial charge in [-0.2, -0.15) is 5.10 Å². The van der Waals surface area contributed by atoms with Crippen molar-refractivity contribution in [2.45, 2.75) is 24.8 Å². The molecule has 0 radical (unpaired) electrons. The number of hydrogen-bond donors (Lipinski definition) is 3. The molecule has 154 valence electrons. The number of amides is 1. The zero-order chi connectivity index (χ0) is 21.0. The number of aromatic nitrogens is 2. The van der Waals surface area contributed by atoms with Gasteiger partial charge in [0.05, 0.1) is 18.3 Å². The van der Waals surface area contributed by atoms with Gasteiger partial charge in [0.15, 0.2) is 11.5 Å². The third-order valence-corrected chi connectivity index (χ3v) is 5.90. The first-order chi connectivity index (χ1) is 14.5. The second-order valence-corrected chi connectivity index (χ2v) is 7.83. The molecule has 2 aromatic carbocycles. The molecule has 0 aliphatic heterocycles. The highest BCUT2D eigenvalue weighted by Gasteiger charge is 2.50. The smallest absolute Gasteiger partial charge is 0.272 e. The summed E-state index contributed by atoms with van der Waals surface area (Å²) in [5.74, 6) is -1.16. The van der Waals surface area contributed by atoms with E-state index >= 15 is 0 Å². The highest BCUT2D eigenvalue weighted by atomic mass is 19.1. The molecule has 1 amide bonds. The fourth-order valence-corrected chi connectivity index (χ4v) is 4.30. The highest BCUT2D eigenvalue weighted by molar-refractivity contribution is 5.94. The summed E-state index contributed by atoms with van der Waals surface area (Å²) in [7, 11) is 0. The number of nitrogens with zero attached hydrogens (tertiary/aromatic N) is 2. The molecule has 8 heteroatoms. The Morgan fingerprint density at radius 2 is 2.00 bits per heavy atom. The number of rotatable bonds is 5. The van der Waals surface area contributed by atoms with E-state index in [2.05, 4.69) is 10.4 Å². The molecule has 1 aromatic heterocycles. The molecule has 1 heterocycles. The minimum Gasteiger partial charge on any atom is -0.508 e. The fraction of sp³-hybridized carbons (Fsp3) is 0.273. The Hall–Kier alpha value is -3.26. The van der Waals surface area contributed by atoms with Crippen molar-refractivity contribution in [3.63, 3.8) is 0 Å². The predicted octanol–water partition coefficient (Wildman–Crippen LogP) is 2.98. The second kappa shape index (κ2) is 6.91. The van der Waals surface area contributed by atoms with Crippen LogP contribution in [0.15, 0.2) is 42.5 Å². The molecule has 0 unspecified atom stereocenters. The Bertz CT molecular complexity index is 1140. The summed E-state index contributed by atoms with van der Waals surface area (Å²) in [6.45, 7) is -0.336. The third-order valence-electron chi connectivity index (χ3n) is 5.90. The number of halogens is 2. The molecule has 3 atom stereocenters. The van der Waals surface area contributed by atoms with Crippen LogP contribution >= 0.6 is 0 Å². The summed E-state index contributed by atoms with van der Waals surface area (Å²) in [6, 6.07) is 8.78. The Labute approximate surface area is 170 Å². The van der Waals surface area contributed by atoms with Gasteiger partial charge in [0.25, 0.3) is 5.91 Å². The van der Waals surface area contributed by atoms with Crippen molar-refractivity contribution in [3.8, 4) is 11.4 Å². The lowest BCUT2D eigenvalue weighted by molar-refractivity contribution is 0.0909. The lowest BCUT2D eigenvalue weighted by Crippen LogP contribution is -2.31. The predicted molar refractivity (Wildman–Crippen MR) is 103 cm³/mol. The van der Waals surface area contributed by atoms with E-state index in [-0.39, 0.29) is 29.7 Å². The van der Waals surface area contributed by atoms with Gasteiger partial charge < -0.3 is 15.5 Å². The van der Waals surface area contributed by atoms with E-state index in [0.29, 0.717) is 17.9 Å². The summed E-state index contributed by atoms with van der Waals surface area (Å²) in [5.41, 5.74) is 2.52. The maximum Gasteiger partial charge on any atom is 0.272 e. The van der Waals surface area contributed by atoms with Crippen molar-refractivity contribution >= 4 is 5.91 Å². The van der Waals surface area contributed by atoms with E-state index in [0.717, 1.165) is 29.8 Å². The molecule has 0 saturated heterocycles. The number of aliphatic hydroxyl groups is 1. The number of carbonyl (C=O) groups is 1. The van der Waals surface area contributed by atoms with Crippen LogP contribution in [-0.4, -0.2) is 32.5 Å². The first-order valence-corrected chi connectivity index (χ1v) is 9.74. The summed E-state index contributed by atoms with van der Waals surface area (Å²) < 4.78 is 29.2. The van der Waals surface area contributed by atoms with E-state index in [9.17, 15) is 23.8 Å². The van der Waals surface area contributed by atoms with E-state index in [4.69, 9.17) is 0 Å². The average molecular weight is 411 g/mol. The van der Waals surface area contributed by atoms with Gasteiger partial charge in [-0.25, -0.2) is 13.5 Å². The van der Waals surface area contributed by atoms with Crippen molar-refractivity contribution in [1.29, 1.82) is 0 Å². The zero-order valence-electron chi connectivity index (χ0n) is 15.8. The van der Waals surface area contributed by atoms with Crippen molar-refractivity contribution in [1.82, 2.24) is 15.1 Å². The Morgan fingerprint density at radius 3 is 2.70 bits per heavy atom. The number of benzene rings is 2. The molecule has 1 saturated carbocycles. The van der Waals surface area contributed by atoms with E-state index in [1.807, 2.05) is 0 Å². The third kappa shape index (κ3) is 3.04. The van der Waals surface area contributed by atoms with Crippen molar-refractivity contribution in [2.24, 2.45) is 5.92 Å². The number of carbonyl (C=O) groups excluding carboxylic acids is 1. The maximum atomic E-state index is 14.4. The van der Waals surface area contributed by atoms with Crippen LogP contribution in [0.1, 0.15) is 45.7 Å². The summed E-state index contributed by atoms with van der Waals surface area (Å²) in [4.78, 5) is 13.0. The van der Waals surface area contributed by atoms with Gasteiger partial charge in [-0.15, -0.1) is 0 Å². The van der Waals surface area contributed by atoms with Gasteiger partial charge in [-0.05, 0) is 48.6 Å². The quantitative estimate of drug-likeness (QED) is 0.603. The first kappa shape index (κ1) is 18.7. The summed E-state index contributed by atoms with van der Waals surface area (Å²) in [5, 5.41) is 26.3. The van der Waals surface area contributed by atoms with Crippen LogP contribution in [0.5, 0.6) is 5.75 Å². The molecule has 2 aliphatic rings. The van der Waals surface area contributed by atoms with Gasteiger partial charge in [0.2, 0.25) is 0 Å². The molecular formula is C22H19F2N3O3. The number of aromatic hydroxyl groups is 1. The van der Waals surface area contributed by atoms with Gasteiger partial charge in [0.1, 0.15) is 17.3 Å². The van der Waals surface area contributed by atoms with Gasteiger partial charge in [-0.1, -0.05) is 12.1 Å². The van der Waals surface area contributed by atoms with Crippen LogP contribution in [0.3, 0.4) is 0 Å². The largest absolute Gasteiger partial charge is 0.508 e. The van der Waals surface area contributed by atoms with E-state index in [1.165, 1.54) is 22.9 Å². The van der Waals surface area contributed by atoms with Crippen LogP contribution in [0, 0.1) is 17.6 Å². The Balaban J connectivity index is 1.50. The molecule has 2 aliphatic carbocycles. The molecular weight excluding hydrogens is 392 g/mol. The Kier molecular flexibility index (Phi) is 4.32.